The van der Waals surface area contributed by atoms with Gasteiger partial charge in [0.1, 0.15) is 21.7 Å². The predicted octanol–water partition coefficient (Wildman–Crippen LogP) is 5.43. The molecule has 0 aliphatic carbocycles. The van der Waals surface area contributed by atoms with Gasteiger partial charge in [0.05, 0.1) is 8.07 Å². The van der Waals surface area contributed by atoms with Gasteiger partial charge in [0.15, 0.2) is 0 Å². The molecule has 0 radical (unpaired) electrons. The Hall–Kier alpha value is -0.229. The molecule has 0 saturated carbocycles. The van der Waals surface area contributed by atoms with Crippen LogP contribution in [0.25, 0.3) is 0 Å². The monoisotopic (exact) mass is 382 g/mol. The van der Waals surface area contributed by atoms with E-state index in [1.54, 1.807) is 0 Å². The number of hydrogen-bond donors (Lipinski definition) is 0. The molecule has 0 saturated heterocycles. The Kier molecular flexibility index (Phi) is 7.08. The topological polar surface area (TPSA) is 0 Å². The average Bonchev–Trinajstić information content (AvgIpc) is 2.17. The first-order chi connectivity index (χ1) is 8.71. The van der Waals surface area contributed by atoms with Crippen LogP contribution in [0.3, 0.4) is 0 Å². The maximum atomic E-state index is 3.67. The largest absolute Gasteiger partial charge is 0.129 e. The van der Waals surface area contributed by atoms with Gasteiger partial charge in [-0.25, -0.2) is 0 Å². The van der Waals surface area contributed by atoms with E-state index in [4.69, 9.17) is 0 Å². The molecule has 0 heterocycles. The molecule has 0 amide bonds. The number of halogens is 1. The van der Waals surface area contributed by atoms with Gasteiger partial charge >= 0.3 is 0 Å². The predicted molar refractivity (Wildman–Crippen MR) is 105 cm³/mol. The summed E-state index contributed by atoms with van der Waals surface area (Å²) in [5, 5.41) is 0. The molecular formula is C16H27BrSi3. The highest BCUT2D eigenvalue weighted by atomic mass is 79.9. The minimum absolute atomic E-state index is 0.851. The van der Waals surface area contributed by atoms with Crippen LogP contribution in [0, 0.1) is 22.9 Å². The van der Waals surface area contributed by atoms with Gasteiger partial charge in [0, 0.05) is 4.11 Å². The standard InChI is InChI=1S/C16H27BrSi3/c1-18(2,3)12-10-15(11-13-19(4,5)6)14-16(17)20(7,8)9/h1-9H3. The van der Waals surface area contributed by atoms with E-state index in [-0.39, 0.29) is 0 Å². The van der Waals surface area contributed by atoms with Crippen LogP contribution in [0.15, 0.2) is 15.4 Å². The number of hydrogen-bond acceptors (Lipinski definition) is 0. The van der Waals surface area contributed by atoms with Crippen molar-refractivity contribution in [1.29, 1.82) is 0 Å². The van der Waals surface area contributed by atoms with Crippen molar-refractivity contribution in [2.45, 2.75) is 58.9 Å². The lowest BCUT2D eigenvalue weighted by Crippen LogP contribution is -2.19. The summed E-state index contributed by atoms with van der Waals surface area (Å²) in [6, 6.07) is 0. The minimum Gasteiger partial charge on any atom is -0.125 e. The minimum atomic E-state index is -1.38. The summed E-state index contributed by atoms with van der Waals surface area (Å²) in [6.45, 7) is 20.4. The molecule has 0 unspecified atom stereocenters. The highest BCUT2D eigenvalue weighted by molar-refractivity contribution is 9.12. The molecule has 0 fully saturated rings. The third kappa shape index (κ3) is 10.5. The molecule has 0 aliphatic heterocycles. The van der Waals surface area contributed by atoms with E-state index >= 15 is 0 Å². The maximum Gasteiger partial charge on any atom is 0.129 e. The molecule has 4 heteroatoms. The normalized spacial score (nSPS) is 11.5. The SMILES string of the molecule is C[Si](C)(C)C#CC(=C=C(Br)[Si](C)(C)C)C#C[Si](C)(C)C. The summed E-state index contributed by atoms with van der Waals surface area (Å²) in [6.07, 6.45) is 0. The van der Waals surface area contributed by atoms with Crippen LogP contribution in [0.4, 0.5) is 0 Å². The molecule has 110 valence electrons. The molecule has 0 aromatic heterocycles. The zero-order chi connectivity index (χ0) is 16.2. The molecule has 0 spiro atoms. The van der Waals surface area contributed by atoms with E-state index in [2.05, 4.69) is 104 Å². The van der Waals surface area contributed by atoms with Gasteiger partial charge in [-0.2, -0.15) is 0 Å². The third-order valence-corrected chi connectivity index (χ3v) is 8.98. The van der Waals surface area contributed by atoms with Crippen molar-refractivity contribution >= 4 is 40.2 Å². The van der Waals surface area contributed by atoms with Crippen LogP contribution in [0.1, 0.15) is 0 Å². The van der Waals surface area contributed by atoms with Gasteiger partial charge < -0.3 is 0 Å². The van der Waals surface area contributed by atoms with Crippen molar-refractivity contribution < 1.29 is 0 Å². The number of allylic oxidation sites excluding steroid dienone is 1. The Morgan fingerprint density at radius 2 is 1.05 bits per heavy atom. The van der Waals surface area contributed by atoms with Crippen molar-refractivity contribution in [3.05, 3.63) is 15.4 Å². The lowest BCUT2D eigenvalue weighted by molar-refractivity contribution is 1.74. The first-order valence-electron chi connectivity index (χ1n) is 6.94. The van der Waals surface area contributed by atoms with Gasteiger partial charge in [-0.3, -0.25) is 0 Å². The smallest absolute Gasteiger partial charge is 0.125 e. The summed E-state index contributed by atoms with van der Waals surface area (Å²) in [5.41, 5.74) is 11.1. The molecule has 0 bridgehead atoms. The van der Waals surface area contributed by atoms with Crippen LogP contribution in [-0.2, 0) is 0 Å². The van der Waals surface area contributed by atoms with Gasteiger partial charge in [0.25, 0.3) is 0 Å². The molecule has 0 atom stereocenters. The Morgan fingerprint density at radius 3 is 1.30 bits per heavy atom. The summed E-state index contributed by atoms with van der Waals surface area (Å²) >= 11 is 3.67. The van der Waals surface area contributed by atoms with Gasteiger partial charge in [-0.15, -0.1) is 11.1 Å². The van der Waals surface area contributed by atoms with E-state index in [0.29, 0.717) is 0 Å². The van der Waals surface area contributed by atoms with Crippen LogP contribution in [-0.4, -0.2) is 24.2 Å². The maximum absolute atomic E-state index is 3.67. The van der Waals surface area contributed by atoms with E-state index < -0.39 is 24.2 Å². The molecular weight excluding hydrogens is 356 g/mol. The molecule has 0 N–H and O–H groups in total. The van der Waals surface area contributed by atoms with Crippen molar-refractivity contribution in [3.8, 4) is 22.9 Å². The van der Waals surface area contributed by atoms with E-state index in [1.165, 1.54) is 0 Å². The fourth-order valence-corrected chi connectivity index (χ4v) is 2.59. The lowest BCUT2D eigenvalue weighted by Gasteiger charge is -2.12. The first-order valence-corrected chi connectivity index (χ1v) is 18.2. The van der Waals surface area contributed by atoms with Gasteiger partial charge in [-0.1, -0.05) is 92.4 Å². The summed E-state index contributed by atoms with van der Waals surface area (Å²) in [5.74, 6) is 6.55. The summed E-state index contributed by atoms with van der Waals surface area (Å²) in [7, 11) is -4.15. The molecule has 0 aromatic rings. The van der Waals surface area contributed by atoms with E-state index in [9.17, 15) is 0 Å². The lowest BCUT2D eigenvalue weighted by atomic mass is 10.3. The fourth-order valence-electron chi connectivity index (χ4n) is 0.891. The zero-order valence-electron chi connectivity index (χ0n) is 14.4. The summed E-state index contributed by atoms with van der Waals surface area (Å²) < 4.78 is 1.16. The zero-order valence-corrected chi connectivity index (χ0v) is 19.0. The Balaban J connectivity index is 5.91. The summed E-state index contributed by atoms with van der Waals surface area (Å²) in [4.78, 5) is 0. The highest BCUT2D eigenvalue weighted by Gasteiger charge is 2.17. The van der Waals surface area contributed by atoms with Crippen LogP contribution in [0.2, 0.25) is 58.9 Å². The van der Waals surface area contributed by atoms with Crippen molar-refractivity contribution in [2.75, 3.05) is 0 Å². The van der Waals surface area contributed by atoms with Crippen molar-refractivity contribution in [2.24, 2.45) is 0 Å². The van der Waals surface area contributed by atoms with E-state index in [1.807, 2.05) is 0 Å². The molecule has 0 nitrogen and oxygen atoms in total. The molecule has 0 aromatic carbocycles. The second-order valence-electron chi connectivity index (χ2n) is 8.06. The Labute approximate surface area is 137 Å². The number of rotatable bonds is 1. The van der Waals surface area contributed by atoms with E-state index in [0.717, 1.165) is 9.68 Å². The van der Waals surface area contributed by atoms with Crippen LogP contribution in [0.5, 0.6) is 0 Å². The molecule has 20 heavy (non-hydrogen) atoms. The molecule has 0 aliphatic rings. The van der Waals surface area contributed by atoms with Crippen LogP contribution >= 0.6 is 15.9 Å². The second-order valence-corrected chi connectivity index (χ2v) is 24.1. The quantitative estimate of drug-likeness (QED) is 0.322. The third-order valence-electron chi connectivity index (χ3n) is 2.02. The van der Waals surface area contributed by atoms with Crippen LogP contribution < -0.4 is 0 Å². The second kappa shape index (κ2) is 7.16. The highest BCUT2D eigenvalue weighted by Crippen LogP contribution is 2.19. The van der Waals surface area contributed by atoms with Crippen molar-refractivity contribution in [3.63, 3.8) is 0 Å². The molecule has 0 rings (SSSR count). The van der Waals surface area contributed by atoms with Gasteiger partial charge in [-0.05, 0) is 0 Å². The Bertz CT molecular complexity index is 503. The fraction of sp³-hybridized carbons (Fsp3) is 0.562. The van der Waals surface area contributed by atoms with Gasteiger partial charge in [0.2, 0.25) is 0 Å². The first kappa shape index (κ1) is 19.8. The average molecular weight is 384 g/mol. The van der Waals surface area contributed by atoms with Crippen molar-refractivity contribution in [1.82, 2.24) is 0 Å². The Morgan fingerprint density at radius 1 is 0.700 bits per heavy atom.